The van der Waals surface area contributed by atoms with E-state index >= 15 is 0 Å². The van der Waals surface area contributed by atoms with Crippen molar-refractivity contribution in [2.75, 3.05) is 26.6 Å². The third-order valence-electron chi connectivity index (χ3n) is 4.44. The fourth-order valence-electron chi connectivity index (χ4n) is 3.29. The topological polar surface area (TPSA) is 38.8 Å². The molecule has 0 spiro atoms. The lowest BCUT2D eigenvalue weighted by atomic mass is 9.88. The minimum Gasteiger partial charge on any atom is -0.493 e. The molecule has 1 aliphatic rings. The zero-order valence-corrected chi connectivity index (χ0v) is 14.5. The Hall–Kier alpha value is -2.20. The Bertz CT molecular complexity index is 747. The molecule has 1 unspecified atom stereocenters. The number of carbonyl (C=O) groups is 1. The average molecular weight is 346 g/mol. The Morgan fingerprint density at radius 3 is 2.62 bits per heavy atom. The molecule has 2 aromatic carbocycles. The molecule has 1 aliphatic heterocycles. The summed E-state index contributed by atoms with van der Waals surface area (Å²) in [6.07, 6.45) is 0.836. The number of benzene rings is 2. The number of hydrogen-bond donors (Lipinski definition) is 0. The maximum Gasteiger partial charge on any atom is 0.238 e. The van der Waals surface area contributed by atoms with E-state index in [4.69, 9.17) is 21.1 Å². The van der Waals surface area contributed by atoms with Crippen LogP contribution in [0.3, 0.4) is 0 Å². The van der Waals surface area contributed by atoms with Gasteiger partial charge in [-0.15, -0.1) is 11.6 Å². The summed E-state index contributed by atoms with van der Waals surface area (Å²) in [4.78, 5) is 14.2. The number of carbonyl (C=O) groups excluding carboxylic acids is 1. The van der Waals surface area contributed by atoms with Gasteiger partial charge in [-0.2, -0.15) is 0 Å². The van der Waals surface area contributed by atoms with Gasteiger partial charge in [0.05, 0.1) is 20.3 Å². The number of rotatable bonds is 4. The Labute approximate surface area is 146 Å². The van der Waals surface area contributed by atoms with Crippen LogP contribution in [0, 0.1) is 0 Å². The molecule has 1 amide bonds. The smallest absolute Gasteiger partial charge is 0.238 e. The summed E-state index contributed by atoms with van der Waals surface area (Å²) in [7, 11) is 3.22. The molecular weight excluding hydrogens is 326 g/mol. The number of amides is 1. The van der Waals surface area contributed by atoms with Crippen molar-refractivity contribution in [1.82, 2.24) is 4.90 Å². The van der Waals surface area contributed by atoms with Crippen molar-refractivity contribution >= 4 is 17.5 Å². The minimum atomic E-state index is -0.166. The van der Waals surface area contributed by atoms with Crippen LogP contribution in [-0.4, -0.2) is 37.5 Å². The third-order valence-corrected chi connectivity index (χ3v) is 4.67. The van der Waals surface area contributed by atoms with Crippen LogP contribution >= 0.6 is 11.6 Å². The van der Waals surface area contributed by atoms with Gasteiger partial charge in [0.1, 0.15) is 5.88 Å². The van der Waals surface area contributed by atoms with Gasteiger partial charge in [0, 0.05) is 6.54 Å². The Kier molecular flexibility index (Phi) is 4.95. The lowest BCUT2D eigenvalue weighted by Gasteiger charge is -2.37. The highest BCUT2D eigenvalue weighted by Crippen LogP contribution is 2.38. The summed E-state index contributed by atoms with van der Waals surface area (Å²) < 4.78 is 10.7. The Balaban J connectivity index is 2.11. The molecule has 126 valence electrons. The molecule has 0 aliphatic carbocycles. The summed E-state index contributed by atoms with van der Waals surface area (Å²) in [5, 5.41) is 0. The molecule has 1 heterocycles. The maximum atomic E-state index is 12.4. The third kappa shape index (κ3) is 2.94. The normalized spacial score (nSPS) is 16.5. The Morgan fingerprint density at radius 2 is 1.92 bits per heavy atom. The molecule has 0 N–H and O–H groups in total. The average Bonchev–Trinajstić information content (AvgIpc) is 2.65. The molecule has 0 aromatic heterocycles. The highest BCUT2D eigenvalue weighted by molar-refractivity contribution is 6.27. The first kappa shape index (κ1) is 16.7. The van der Waals surface area contributed by atoms with Crippen LogP contribution in [-0.2, 0) is 11.2 Å². The van der Waals surface area contributed by atoms with Crippen molar-refractivity contribution in [3.05, 3.63) is 59.2 Å². The molecule has 3 rings (SSSR count). The molecule has 1 atom stereocenters. The molecule has 0 bridgehead atoms. The number of fused-ring (bicyclic) bond motifs is 1. The minimum absolute atomic E-state index is 0.0219. The van der Waals surface area contributed by atoms with Gasteiger partial charge in [-0.1, -0.05) is 30.3 Å². The lowest BCUT2D eigenvalue weighted by molar-refractivity contribution is -0.130. The summed E-state index contributed by atoms with van der Waals surface area (Å²) in [5.74, 6) is 1.23. The van der Waals surface area contributed by atoms with E-state index in [0.29, 0.717) is 18.0 Å². The fraction of sp³-hybridized carbons (Fsp3) is 0.316. The number of alkyl halides is 1. The van der Waals surface area contributed by atoms with E-state index in [2.05, 4.69) is 12.1 Å². The monoisotopic (exact) mass is 345 g/mol. The molecule has 0 radical (unpaired) electrons. The number of halogens is 1. The van der Waals surface area contributed by atoms with Gasteiger partial charge in [-0.05, 0) is 35.2 Å². The van der Waals surface area contributed by atoms with Crippen molar-refractivity contribution in [2.45, 2.75) is 12.5 Å². The van der Waals surface area contributed by atoms with E-state index in [9.17, 15) is 4.79 Å². The van der Waals surface area contributed by atoms with E-state index < -0.39 is 0 Å². The largest absolute Gasteiger partial charge is 0.493 e. The van der Waals surface area contributed by atoms with Gasteiger partial charge in [-0.25, -0.2) is 0 Å². The van der Waals surface area contributed by atoms with Crippen LogP contribution in [0.1, 0.15) is 22.7 Å². The number of ether oxygens (including phenoxy) is 2. The van der Waals surface area contributed by atoms with E-state index in [1.54, 1.807) is 14.2 Å². The second-order valence-electron chi connectivity index (χ2n) is 5.69. The molecule has 0 fully saturated rings. The lowest BCUT2D eigenvalue weighted by Crippen LogP contribution is -2.41. The van der Waals surface area contributed by atoms with E-state index in [-0.39, 0.29) is 17.8 Å². The van der Waals surface area contributed by atoms with Gasteiger partial charge in [0.25, 0.3) is 0 Å². The zero-order chi connectivity index (χ0) is 17.1. The van der Waals surface area contributed by atoms with Gasteiger partial charge < -0.3 is 14.4 Å². The maximum absolute atomic E-state index is 12.4. The van der Waals surface area contributed by atoms with E-state index in [1.165, 1.54) is 5.56 Å². The first-order valence-corrected chi connectivity index (χ1v) is 8.38. The first-order valence-electron chi connectivity index (χ1n) is 7.84. The van der Waals surface area contributed by atoms with Crippen LogP contribution in [0.25, 0.3) is 0 Å². The standard InChI is InChI=1S/C19H20ClNO3/c1-23-16-8-7-14(11-17(16)24-2)19-15-6-4-3-5-13(15)9-10-21(19)18(22)12-20/h3-8,11,19H,9-10,12H2,1-2H3. The van der Waals surface area contributed by atoms with E-state index in [0.717, 1.165) is 17.5 Å². The van der Waals surface area contributed by atoms with Crippen LogP contribution < -0.4 is 9.47 Å². The van der Waals surface area contributed by atoms with Crippen LogP contribution in [0.4, 0.5) is 0 Å². The molecular formula is C19H20ClNO3. The molecule has 0 saturated heterocycles. The predicted octanol–water partition coefficient (Wildman–Crippen LogP) is 3.42. The van der Waals surface area contributed by atoms with Crippen LogP contribution in [0.5, 0.6) is 11.5 Å². The van der Waals surface area contributed by atoms with E-state index in [1.807, 2.05) is 35.2 Å². The highest BCUT2D eigenvalue weighted by Gasteiger charge is 2.31. The molecule has 0 saturated carbocycles. The second kappa shape index (κ2) is 7.14. The van der Waals surface area contributed by atoms with Crippen molar-refractivity contribution in [1.29, 1.82) is 0 Å². The van der Waals surface area contributed by atoms with Crippen molar-refractivity contribution in [3.8, 4) is 11.5 Å². The summed E-state index contributed by atoms with van der Waals surface area (Å²) in [5.41, 5.74) is 3.38. The number of nitrogens with zero attached hydrogens (tertiary/aromatic N) is 1. The highest BCUT2D eigenvalue weighted by atomic mass is 35.5. The summed E-state index contributed by atoms with van der Waals surface area (Å²) in [6, 6.07) is 13.8. The SMILES string of the molecule is COc1ccc(C2c3ccccc3CCN2C(=O)CCl)cc1OC. The first-order chi connectivity index (χ1) is 11.7. The van der Waals surface area contributed by atoms with Crippen molar-refractivity contribution in [2.24, 2.45) is 0 Å². The van der Waals surface area contributed by atoms with Gasteiger partial charge >= 0.3 is 0 Å². The summed E-state index contributed by atoms with van der Waals surface area (Å²) in [6.45, 7) is 0.654. The van der Waals surface area contributed by atoms with Gasteiger partial charge in [-0.3, -0.25) is 4.79 Å². The Morgan fingerprint density at radius 1 is 1.17 bits per heavy atom. The fourth-order valence-corrected chi connectivity index (χ4v) is 3.45. The van der Waals surface area contributed by atoms with Crippen molar-refractivity contribution in [3.63, 3.8) is 0 Å². The number of methoxy groups -OCH3 is 2. The molecule has 5 heteroatoms. The van der Waals surface area contributed by atoms with Crippen molar-refractivity contribution < 1.29 is 14.3 Å². The summed E-state index contributed by atoms with van der Waals surface area (Å²) >= 11 is 5.84. The zero-order valence-electron chi connectivity index (χ0n) is 13.8. The predicted molar refractivity (Wildman–Crippen MR) is 94.0 cm³/mol. The molecule has 24 heavy (non-hydrogen) atoms. The number of hydrogen-bond acceptors (Lipinski definition) is 3. The van der Waals surface area contributed by atoms with Gasteiger partial charge in [0.15, 0.2) is 11.5 Å². The molecule has 4 nitrogen and oxygen atoms in total. The second-order valence-corrected chi connectivity index (χ2v) is 5.95. The van der Waals surface area contributed by atoms with Crippen LogP contribution in [0.2, 0.25) is 0 Å². The van der Waals surface area contributed by atoms with Gasteiger partial charge in [0.2, 0.25) is 5.91 Å². The van der Waals surface area contributed by atoms with Crippen LogP contribution in [0.15, 0.2) is 42.5 Å². The quantitative estimate of drug-likeness (QED) is 0.797. The molecule has 2 aromatic rings.